The third kappa shape index (κ3) is 4.51. The maximum absolute atomic E-state index is 14.0. The SMILES string of the molecule is Cc1cc(/C=C(\C#N)C(=O)Nc2ccc(Br)cc2F)c(C)n1CC1CCCO1. The molecule has 0 saturated carbocycles. The molecule has 5 nitrogen and oxygen atoms in total. The summed E-state index contributed by atoms with van der Waals surface area (Å²) in [7, 11) is 0. The van der Waals surface area contributed by atoms with Crippen molar-refractivity contribution in [1.29, 1.82) is 5.26 Å². The molecule has 1 atom stereocenters. The van der Waals surface area contributed by atoms with E-state index in [1.54, 1.807) is 12.1 Å². The number of aromatic nitrogens is 1. The number of carbonyl (C=O) groups is 1. The molecule has 0 aliphatic carbocycles. The molecule has 0 bridgehead atoms. The predicted octanol–water partition coefficient (Wildman–Crippen LogP) is 4.73. The summed E-state index contributed by atoms with van der Waals surface area (Å²) >= 11 is 3.17. The minimum Gasteiger partial charge on any atom is -0.376 e. The molecule has 1 unspecified atom stereocenters. The van der Waals surface area contributed by atoms with Crippen molar-refractivity contribution in [3.8, 4) is 6.07 Å². The zero-order chi connectivity index (χ0) is 20.3. The lowest BCUT2D eigenvalue weighted by Crippen LogP contribution is -2.17. The van der Waals surface area contributed by atoms with Crippen molar-refractivity contribution < 1.29 is 13.9 Å². The highest BCUT2D eigenvalue weighted by Crippen LogP contribution is 2.23. The number of nitrogens with one attached hydrogen (secondary N) is 1. The summed E-state index contributed by atoms with van der Waals surface area (Å²) in [6.07, 6.45) is 3.84. The second-order valence-corrected chi connectivity index (χ2v) is 7.74. The fourth-order valence-corrected chi connectivity index (χ4v) is 3.66. The molecule has 146 valence electrons. The van der Waals surface area contributed by atoms with Crippen LogP contribution in [0.25, 0.3) is 6.08 Å². The molecule has 28 heavy (non-hydrogen) atoms. The van der Waals surface area contributed by atoms with Gasteiger partial charge < -0.3 is 14.6 Å². The Bertz CT molecular complexity index is 969. The smallest absolute Gasteiger partial charge is 0.266 e. The molecular formula is C21H21BrFN3O2. The average molecular weight is 446 g/mol. The van der Waals surface area contributed by atoms with Gasteiger partial charge in [-0.25, -0.2) is 4.39 Å². The van der Waals surface area contributed by atoms with Crippen LogP contribution in [0.2, 0.25) is 0 Å². The van der Waals surface area contributed by atoms with Crippen LogP contribution in [-0.4, -0.2) is 23.2 Å². The van der Waals surface area contributed by atoms with Gasteiger partial charge in [0, 0.05) is 29.0 Å². The van der Waals surface area contributed by atoms with Crippen LogP contribution in [0.3, 0.4) is 0 Å². The number of nitrogens with zero attached hydrogens (tertiary/aromatic N) is 2. The lowest BCUT2D eigenvalue weighted by molar-refractivity contribution is -0.112. The van der Waals surface area contributed by atoms with Crippen molar-refractivity contribution >= 4 is 33.6 Å². The largest absolute Gasteiger partial charge is 0.376 e. The first-order chi connectivity index (χ1) is 13.4. The third-order valence-corrected chi connectivity index (χ3v) is 5.36. The molecule has 1 N–H and O–H groups in total. The van der Waals surface area contributed by atoms with Gasteiger partial charge in [-0.1, -0.05) is 15.9 Å². The summed E-state index contributed by atoms with van der Waals surface area (Å²) in [4.78, 5) is 12.5. The van der Waals surface area contributed by atoms with Crippen LogP contribution in [0.1, 0.15) is 29.8 Å². The van der Waals surface area contributed by atoms with Crippen LogP contribution in [-0.2, 0) is 16.1 Å². The molecular weight excluding hydrogens is 425 g/mol. The Balaban J connectivity index is 1.82. The van der Waals surface area contributed by atoms with Gasteiger partial charge in [0.1, 0.15) is 17.5 Å². The quantitative estimate of drug-likeness (QED) is 0.534. The van der Waals surface area contributed by atoms with Crippen LogP contribution in [0.5, 0.6) is 0 Å². The first-order valence-corrected chi connectivity index (χ1v) is 9.85. The molecule has 3 rings (SSSR count). The van der Waals surface area contributed by atoms with Gasteiger partial charge in [0.25, 0.3) is 5.91 Å². The number of amides is 1. The van der Waals surface area contributed by atoms with E-state index in [1.165, 1.54) is 12.1 Å². The number of halogens is 2. The Hall–Kier alpha value is -2.43. The number of hydrogen-bond acceptors (Lipinski definition) is 3. The molecule has 1 amide bonds. The number of nitriles is 1. The first kappa shape index (κ1) is 20.3. The maximum Gasteiger partial charge on any atom is 0.266 e. The van der Waals surface area contributed by atoms with Gasteiger partial charge >= 0.3 is 0 Å². The standard InChI is InChI=1S/C21H21BrFN3O2/c1-13-8-15(14(2)26(13)12-18-4-3-7-28-18)9-16(11-24)21(27)25-20-6-5-17(22)10-19(20)23/h5-6,8-10,18H,3-4,7,12H2,1-2H3,(H,25,27)/b16-9+. The fourth-order valence-electron chi connectivity index (χ4n) is 3.33. The summed E-state index contributed by atoms with van der Waals surface area (Å²) in [5, 5.41) is 11.9. The van der Waals surface area contributed by atoms with Gasteiger partial charge in [-0.15, -0.1) is 0 Å². The molecule has 7 heteroatoms. The third-order valence-electron chi connectivity index (χ3n) is 4.87. The molecule has 0 radical (unpaired) electrons. The monoisotopic (exact) mass is 445 g/mol. The normalized spacial score (nSPS) is 16.8. The molecule has 1 saturated heterocycles. The van der Waals surface area contributed by atoms with Crippen molar-refractivity contribution in [3.05, 3.63) is 57.1 Å². The van der Waals surface area contributed by atoms with Gasteiger partial charge in [-0.05, 0) is 62.6 Å². The summed E-state index contributed by atoms with van der Waals surface area (Å²) in [5.41, 5.74) is 2.73. The van der Waals surface area contributed by atoms with E-state index >= 15 is 0 Å². The Morgan fingerprint density at radius 1 is 1.46 bits per heavy atom. The van der Waals surface area contributed by atoms with Crippen LogP contribution in [0.15, 0.2) is 34.3 Å². The highest BCUT2D eigenvalue weighted by Gasteiger charge is 2.19. The second-order valence-electron chi connectivity index (χ2n) is 6.82. The van der Waals surface area contributed by atoms with Crippen LogP contribution < -0.4 is 5.32 Å². The molecule has 1 aliphatic heterocycles. The molecule has 0 spiro atoms. The van der Waals surface area contributed by atoms with E-state index in [-0.39, 0.29) is 17.4 Å². The Kier molecular flexibility index (Phi) is 6.32. The predicted molar refractivity (Wildman–Crippen MR) is 109 cm³/mol. The van der Waals surface area contributed by atoms with Gasteiger partial charge in [0.15, 0.2) is 0 Å². The van der Waals surface area contributed by atoms with Crippen LogP contribution in [0.4, 0.5) is 10.1 Å². The van der Waals surface area contributed by atoms with Gasteiger partial charge in [0.05, 0.1) is 11.8 Å². The summed E-state index contributed by atoms with van der Waals surface area (Å²) in [5.74, 6) is -1.22. The van der Waals surface area contributed by atoms with Gasteiger partial charge in [-0.3, -0.25) is 4.79 Å². The van der Waals surface area contributed by atoms with Crippen molar-refractivity contribution in [2.75, 3.05) is 11.9 Å². The molecule has 2 aromatic rings. The minimum absolute atomic E-state index is 0.0261. The highest BCUT2D eigenvalue weighted by molar-refractivity contribution is 9.10. The number of aryl methyl sites for hydroxylation is 1. The molecule has 2 heterocycles. The van der Waals surface area contributed by atoms with Crippen molar-refractivity contribution in [3.63, 3.8) is 0 Å². The maximum atomic E-state index is 14.0. The molecule has 1 aliphatic rings. The van der Waals surface area contributed by atoms with E-state index in [2.05, 4.69) is 25.8 Å². The number of rotatable bonds is 5. The van der Waals surface area contributed by atoms with Crippen LogP contribution >= 0.6 is 15.9 Å². The van der Waals surface area contributed by atoms with Gasteiger partial charge in [0.2, 0.25) is 0 Å². The van der Waals surface area contributed by atoms with Gasteiger partial charge in [-0.2, -0.15) is 5.26 Å². The van der Waals surface area contributed by atoms with E-state index in [0.29, 0.717) is 4.47 Å². The summed E-state index contributed by atoms with van der Waals surface area (Å²) < 4.78 is 22.4. The lowest BCUT2D eigenvalue weighted by Gasteiger charge is -2.14. The average Bonchev–Trinajstić information content (AvgIpc) is 3.26. The topological polar surface area (TPSA) is 67.0 Å². The first-order valence-electron chi connectivity index (χ1n) is 9.05. The van der Waals surface area contributed by atoms with E-state index < -0.39 is 11.7 Å². The Labute approximate surface area is 171 Å². The highest BCUT2D eigenvalue weighted by atomic mass is 79.9. The molecule has 1 aromatic heterocycles. The van der Waals surface area contributed by atoms with E-state index in [0.717, 1.165) is 42.9 Å². The van der Waals surface area contributed by atoms with E-state index in [1.807, 2.05) is 26.0 Å². The second kappa shape index (κ2) is 8.72. The fraction of sp³-hybridized carbons (Fsp3) is 0.333. The number of benzene rings is 1. The summed E-state index contributed by atoms with van der Waals surface area (Å²) in [6.45, 7) is 5.49. The molecule has 1 aromatic carbocycles. The van der Waals surface area contributed by atoms with E-state index in [9.17, 15) is 14.4 Å². The lowest BCUT2D eigenvalue weighted by atomic mass is 10.1. The zero-order valence-corrected chi connectivity index (χ0v) is 17.3. The van der Waals surface area contributed by atoms with Crippen LogP contribution in [0, 0.1) is 31.0 Å². The number of anilines is 1. The Morgan fingerprint density at radius 3 is 2.89 bits per heavy atom. The van der Waals surface area contributed by atoms with E-state index in [4.69, 9.17) is 4.74 Å². The minimum atomic E-state index is -0.646. The van der Waals surface area contributed by atoms with Crippen molar-refractivity contribution in [2.24, 2.45) is 0 Å². The summed E-state index contributed by atoms with van der Waals surface area (Å²) in [6, 6.07) is 8.17. The number of carbonyl (C=O) groups excluding carboxylic acids is 1. The number of ether oxygens (including phenoxy) is 1. The molecule has 1 fully saturated rings. The zero-order valence-electron chi connectivity index (χ0n) is 15.8. The Morgan fingerprint density at radius 2 is 2.25 bits per heavy atom. The number of hydrogen-bond donors (Lipinski definition) is 1. The van der Waals surface area contributed by atoms with Crippen molar-refractivity contribution in [1.82, 2.24) is 4.57 Å². The van der Waals surface area contributed by atoms with Crippen molar-refractivity contribution in [2.45, 2.75) is 39.3 Å².